The van der Waals surface area contributed by atoms with Gasteiger partial charge in [-0.05, 0) is 61.8 Å². The lowest BCUT2D eigenvalue weighted by atomic mass is 10.1. The normalized spacial score (nSPS) is 17.8. The zero-order valence-corrected chi connectivity index (χ0v) is 19.4. The van der Waals surface area contributed by atoms with Crippen molar-refractivity contribution < 1.29 is 9.53 Å². The van der Waals surface area contributed by atoms with Gasteiger partial charge in [-0.1, -0.05) is 23.7 Å². The Bertz CT molecular complexity index is 1100. The van der Waals surface area contributed by atoms with Gasteiger partial charge in [0.25, 0.3) is 5.91 Å². The Kier molecular flexibility index (Phi) is 6.83. The lowest BCUT2D eigenvalue weighted by molar-refractivity contribution is 0.0342. The molecule has 2 fully saturated rings. The number of aromatic amines is 1. The second-order valence-corrected chi connectivity index (χ2v) is 9.25. The van der Waals surface area contributed by atoms with Gasteiger partial charge in [-0.2, -0.15) is 0 Å². The minimum absolute atomic E-state index is 0.170. The molecule has 0 aliphatic carbocycles. The lowest BCUT2D eigenvalue weighted by Gasteiger charge is -2.26. The summed E-state index contributed by atoms with van der Waals surface area (Å²) in [6.07, 6.45) is 2.12. The number of hydrogen-bond donors (Lipinski definition) is 4. The summed E-state index contributed by atoms with van der Waals surface area (Å²) in [7, 11) is 0. The molecule has 0 atom stereocenters. The predicted molar refractivity (Wildman–Crippen MR) is 133 cm³/mol. The van der Waals surface area contributed by atoms with E-state index in [-0.39, 0.29) is 5.91 Å². The van der Waals surface area contributed by atoms with Gasteiger partial charge in [0, 0.05) is 41.8 Å². The molecule has 2 aliphatic heterocycles. The van der Waals surface area contributed by atoms with Crippen LogP contribution in [0.4, 0.5) is 11.4 Å². The molecule has 33 heavy (non-hydrogen) atoms. The number of rotatable bonds is 6. The van der Waals surface area contributed by atoms with Gasteiger partial charge in [0.15, 0.2) is 0 Å². The molecule has 2 saturated heterocycles. The highest BCUT2D eigenvalue weighted by Gasteiger charge is 2.17. The summed E-state index contributed by atoms with van der Waals surface area (Å²) in [5.41, 5.74) is 4.36. The second kappa shape index (κ2) is 10.1. The van der Waals surface area contributed by atoms with Crippen molar-refractivity contribution in [2.75, 3.05) is 50.0 Å². The summed E-state index contributed by atoms with van der Waals surface area (Å²) in [4.78, 5) is 18.6. The third kappa shape index (κ3) is 5.50. The molecule has 0 saturated carbocycles. The summed E-state index contributed by atoms with van der Waals surface area (Å²) < 4.78 is 5.41. The quantitative estimate of drug-likeness (QED) is 0.439. The number of ether oxygens (including phenoxy) is 1. The van der Waals surface area contributed by atoms with Gasteiger partial charge < -0.3 is 25.7 Å². The Balaban J connectivity index is 1.27. The van der Waals surface area contributed by atoms with Crippen molar-refractivity contribution in [3.8, 4) is 0 Å². The molecule has 174 valence electrons. The summed E-state index contributed by atoms with van der Waals surface area (Å²) >= 11 is 6.37. The Hall–Kier alpha value is -2.58. The molecule has 3 heterocycles. The third-order valence-corrected chi connectivity index (χ3v) is 6.58. The Morgan fingerprint density at radius 2 is 1.85 bits per heavy atom. The first-order valence-electron chi connectivity index (χ1n) is 11.6. The van der Waals surface area contributed by atoms with Crippen LogP contribution >= 0.6 is 11.6 Å². The smallest absolute Gasteiger partial charge is 0.272 e. The van der Waals surface area contributed by atoms with Crippen LogP contribution in [0.5, 0.6) is 0 Å². The summed E-state index contributed by atoms with van der Waals surface area (Å²) in [6.45, 7) is 6.40. The molecule has 2 aromatic carbocycles. The van der Waals surface area contributed by atoms with Gasteiger partial charge in [-0.3, -0.25) is 9.69 Å². The molecular formula is C25H30ClN5O2. The van der Waals surface area contributed by atoms with Crippen molar-refractivity contribution in [2.45, 2.75) is 25.4 Å². The first-order valence-corrected chi connectivity index (χ1v) is 12.0. The number of hydrogen-bond acceptors (Lipinski definition) is 5. The first kappa shape index (κ1) is 22.2. The van der Waals surface area contributed by atoms with E-state index in [9.17, 15) is 4.79 Å². The lowest BCUT2D eigenvalue weighted by Crippen LogP contribution is -2.35. The molecule has 4 N–H and O–H groups in total. The molecule has 5 rings (SSSR count). The molecule has 2 aliphatic rings. The highest BCUT2D eigenvalue weighted by molar-refractivity contribution is 6.32. The molecule has 0 bridgehead atoms. The molecular weight excluding hydrogens is 438 g/mol. The molecule has 1 aromatic heterocycles. The summed E-state index contributed by atoms with van der Waals surface area (Å²) in [5, 5.41) is 11.6. The molecule has 8 heteroatoms. The maximum Gasteiger partial charge on any atom is 0.272 e. The maximum absolute atomic E-state index is 12.9. The van der Waals surface area contributed by atoms with Crippen LogP contribution in [0.2, 0.25) is 5.02 Å². The van der Waals surface area contributed by atoms with Crippen molar-refractivity contribution in [1.29, 1.82) is 0 Å². The number of H-pyrrole nitrogens is 1. The molecule has 1 amide bonds. The minimum atomic E-state index is -0.170. The van der Waals surface area contributed by atoms with Gasteiger partial charge >= 0.3 is 0 Å². The fraction of sp³-hybridized carbons (Fsp3) is 0.400. The number of nitrogens with one attached hydrogen (secondary N) is 4. The average Bonchev–Trinajstić information content (AvgIpc) is 3.26. The van der Waals surface area contributed by atoms with Crippen molar-refractivity contribution in [3.63, 3.8) is 0 Å². The van der Waals surface area contributed by atoms with Gasteiger partial charge in [-0.25, -0.2) is 0 Å². The van der Waals surface area contributed by atoms with E-state index in [1.807, 2.05) is 30.3 Å². The number of fused-ring (bicyclic) bond motifs is 1. The number of morpholine rings is 1. The number of benzene rings is 2. The van der Waals surface area contributed by atoms with E-state index in [0.717, 1.165) is 81.1 Å². The van der Waals surface area contributed by atoms with E-state index in [0.29, 0.717) is 16.8 Å². The maximum atomic E-state index is 12.9. The largest absolute Gasteiger partial charge is 0.380 e. The fourth-order valence-corrected chi connectivity index (χ4v) is 4.77. The highest BCUT2D eigenvalue weighted by Crippen LogP contribution is 2.30. The zero-order valence-electron chi connectivity index (χ0n) is 18.6. The van der Waals surface area contributed by atoms with Crippen LogP contribution in [0.3, 0.4) is 0 Å². The average molecular weight is 468 g/mol. The number of aromatic nitrogens is 1. The number of amides is 1. The van der Waals surface area contributed by atoms with E-state index in [1.54, 1.807) is 0 Å². The standard InChI is InChI=1S/C25H30ClN5O2/c26-19-13-18-14-23(30-24(18)22(15-19)28-21-5-7-27-8-6-21)25(32)29-20-3-1-17(2-4-20)16-31-9-11-33-12-10-31/h1-4,13-15,21,27-28,30H,5-12,16H2,(H,29,32). The van der Waals surface area contributed by atoms with Crippen molar-refractivity contribution in [1.82, 2.24) is 15.2 Å². The van der Waals surface area contributed by atoms with Crippen molar-refractivity contribution in [2.24, 2.45) is 0 Å². The second-order valence-electron chi connectivity index (χ2n) is 8.81. The van der Waals surface area contributed by atoms with Gasteiger partial charge in [0.05, 0.1) is 24.4 Å². The van der Waals surface area contributed by atoms with Gasteiger partial charge in [-0.15, -0.1) is 0 Å². The minimum Gasteiger partial charge on any atom is -0.380 e. The Morgan fingerprint density at radius 1 is 1.09 bits per heavy atom. The number of halogens is 1. The fourth-order valence-electron chi connectivity index (χ4n) is 4.54. The number of piperidine rings is 1. The molecule has 0 unspecified atom stereocenters. The summed E-state index contributed by atoms with van der Waals surface area (Å²) in [6, 6.07) is 14.1. The molecule has 3 aromatic rings. The Morgan fingerprint density at radius 3 is 2.61 bits per heavy atom. The monoisotopic (exact) mass is 467 g/mol. The van der Waals surface area contributed by atoms with Crippen LogP contribution in [0.15, 0.2) is 42.5 Å². The predicted octanol–water partition coefficient (Wildman–Crippen LogP) is 4.07. The number of nitrogens with zero attached hydrogens (tertiary/aromatic N) is 1. The number of carbonyl (C=O) groups is 1. The topological polar surface area (TPSA) is 81.4 Å². The SMILES string of the molecule is O=C(Nc1ccc(CN2CCOCC2)cc1)c1cc2cc(Cl)cc(NC3CCNCC3)c2[nH]1. The van der Waals surface area contributed by atoms with Crippen LogP contribution < -0.4 is 16.0 Å². The summed E-state index contributed by atoms with van der Waals surface area (Å²) in [5.74, 6) is -0.170. The van der Waals surface area contributed by atoms with E-state index >= 15 is 0 Å². The first-order chi connectivity index (χ1) is 16.1. The van der Waals surface area contributed by atoms with Crippen LogP contribution in [0, 0.1) is 0 Å². The van der Waals surface area contributed by atoms with Crippen LogP contribution in [0.25, 0.3) is 10.9 Å². The van der Waals surface area contributed by atoms with Crippen molar-refractivity contribution in [3.05, 3.63) is 58.7 Å². The number of carbonyl (C=O) groups excluding carboxylic acids is 1. The van der Waals surface area contributed by atoms with Crippen LogP contribution in [-0.4, -0.2) is 61.2 Å². The van der Waals surface area contributed by atoms with Crippen LogP contribution in [-0.2, 0) is 11.3 Å². The van der Waals surface area contributed by atoms with E-state index in [2.05, 4.69) is 38.0 Å². The van der Waals surface area contributed by atoms with E-state index in [1.165, 1.54) is 5.56 Å². The molecule has 0 radical (unpaired) electrons. The molecule has 0 spiro atoms. The highest BCUT2D eigenvalue weighted by atomic mass is 35.5. The number of anilines is 2. The zero-order chi connectivity index (χ0) is 22.6. The van der Waals surface area contributed by atoms with Gasteiger partial charge in [0.1, 0.15) is 5.69 Å². The van der Waals surface area contributed by atoms with E-state index < -0.39 is 0 Å². The van der Waals surface area contributed by atoms with Gasteiger partial charge in [0.2, 0.25) is 0 Å². The van der Waals surface area contributed by atoms with Crippen molar-refractivity contribution >= 4 is 39.8 Å². The Labute approximate surface area is 198 Å². The van der Waals surface area contributed by atoms with Crippen LogP contribution in [0.1, 0.15) is 28.9 Å². The third-order valence-electron chi connectivity index (χ3n) is 6.36. The molecule has 7 nitrogen and oxygen atoms in total. The van der Waals surface area contributed by atoms with E-state index in [4.69, 9.17) is 16.3 Å².